The van der Waals surface area contributed by atoms with Crippen molar-refractivity contribution in [3.8, 4) is 0 Å². The fourth-order valence-electron chi connectivity index (χ4n) is 3.32. The van der Waals surface area contributed by atoms with Gasteiger partial charge in [-0.25, -0.2) is 17.9 Å². The molecule has 0 spiro atoms. The Hall–Kier alpha value is -2.62. The number of aryl methyl sites for hydroxylation is 1. The lowest BCUT2D eigenvalue weighted by Gasteiger charge is -2.15. The summed E-state index contributed by atoms with van der Waals surface area (Å²) in [5.41, 5.74) is 0.921. The molecule has 2 heterocycles. The molecular formula is C18H25N5O4S. The van der Waals surface area contributed by atoms with Crippen molar-refractivity contribution in [1.82, 2.24) is 19.7 Å². The van der Waals surface area contributed by atoms with Crippen LogP contribution in [-0.4, -0.2) is 34.9 Å². The number of carbonyl (C=O) groups excluding carboxylic acids is 1. The van der Waals surface area contributed by atoms with Crippen LogP contribution in [0.25, 0.3) is 0 Å². The standard InChI is InChI=1S/C18H25N5O4S/c1-13(14-7-6-8-15(11-14)21-28(2,26)27)19-17(24)12-23-18(25)22-10-5-3-4-9-16(22)20-23/h6-8,11,13,21H,3-5,9-10,12H2,1-2H3,(H,19,24). The summed E-state index contributed by atoms with van der Waals surface area (Å²) in [6.07, 6.45) is 4.85. The van der Waals surface area contributed by atoms with Gasteiger partial charge in [0, 0.05) is 18.7 Å². The molecule has 0 saturated heterocycles. The maximum Gasteiger partial charge on any atom is 0.346 e. The molecule has 2 N–H and O–H groups in total. The van der Waals surface area contributed by atoms with E-state index in [-0.39, 0.29) is 24.2 Å². The maximum atomic E-state index is 12.5. The van der Waals surface area contributed by atoms with Crippen LogP contribution >= 0.6 is 0 Å². The molecule has 1 aromatic carbocycles. The number of hydrogen-bond donors (Lipinski definition) is 2. The minimum Gasteiger partial charge on any atom is -0.348 e. The van der Waals surface area contributed by atoms with E-state index in [4.69, 9.17) is 0 Å². The van der Waals surface area contributed by atoms with Crippen LogP contribution in [0.1, 0.15) is 43.6 Å². The number of nitrogens with zero attached hydrogens (tertiary/aromatic N) is 3. The van der Waals surface area contributed by atoms with E-state index in [1.165, 1.54) is 4.68 Å². The van der Waals surface area contributed by atoms with Crippen LogP contribution in [0.15, 0.2) is 29.1 Å². The van der Waals surface area contributed by atoms with E-state index in [2.05, 4.69) is 15.1 Å². The topological polar surface area (TPSA) is 115 Å². The van der Waals surface area contributed by atoms with E-state index in [1.807, 2.05) is 0 Å². The van der Waals surface area contributed by atoms with Crippen LogP contribution in [0.4, 0.5) is 5.69 Å². The Kier molecular flexibility index (Phi) is 5.87. The van der Waals surface area contributed by atoms with Gasteiger partial charge in [-0.15, -0.1) is 0 Å². The van der Waals surface area contributed by atoms with Crippen LogP contribution in [0.2, 0.25) is 0 Å². The molecule has 1 unspecified atom stereocenters. The van der Waals surface area contributed by atoms with E-state index in [1.54, 1.807) is 35.8 Å². The molecule has 9 nitrogen and oxygen atoms in total. The zero-order valence-electron chi connectivity index (χ0n) is 16.0. The summed E-state index contributed by atoms with van der Waals surface area (Å²) >= 11 is 0. The lowest BCUT2D eigenvalue weighted by atomic mass is 10.1. The monoisotopic (exact) mass is 407 g/mol. The number of rotatable bonds is 6. The van der Waals surface area contributed by atoms with E-state index in [0.717, 1.165) is 43.3 Å². The highest BCUT2D eigenvalue weighted by Crippen LogP contribution is 2.18. The quantitative estimate of drug-likeness (QED) is 0.742. The molecule has 28 heavy (non-hydrogen) atoms. The smallest absolute Gasteiger partial charge is 0.346 e. The van der Waals surface area contributed by atoms with Crippen molar-refractivity contribution >= 4 is 21.6 Å². The number of anilines is 1. The number of fused-ring (bicyclic) bond motifs is 1. The third kappa shape index (κ3) is 5.00. The second-order valence-electron chi connectivity index (χ2n) is 7.11. The summed E-state index contributed by atoms with van der Waals surface area (Å²) in [6, 6.07) is 6.45. The predicted molar refractivity (Wildman–Crippen MR) is 106 cm³/mol. The van der Waals surface area contributed by atoms with Crippen molar-refractivity contribution in [3.05, 3.63) is 46.1 Å². The Morgan fingerprint density at radius 3 is 2.82 bits per heavy atom. The molecule has 0 radical (unpaired) electrons. The molecule has 1 atom stereocenters. The highest BCUT2D eigenvalue weighted by atomic mass is 32.2. The van der Waals surface area contributed by atoms with Gasteiger partial charge in [-0.2, -0.15) is 5.10 Å². The molecule has 10 heteroatoms. The lowest BCUT2D eigenvalue weighted by molar-refractivity contribution is -0.122. The van der Waals surface area contributed by atoms with Gasteiger partial charge in [0.25, 0.3) is 0 Å². The first kappa shape index (κ1) is 20.1. The van der Waals surface area contributed by atoms with E-state index >= 15 is 0 Å². The van der Waals surface area contributed by atoms with Gasteiger partial charge in [0.1, 0.15) is 12.4 Å². The van der Waals surface area contributed by atoms with Crippen LogP contribution in [-0.2, 0) is 34.3 Å². The molecule has 2 aromatic rings. The fraction of sp³-hybridized carbons (Fsp3) is 0.500. The molecule has 1 aliphatic rings. The Morgan fingerprint density at radius 2 is 2.07 bits per heavy atom. The maximum absolute atomic E-state index is 12.5. The summed E-state index contributed by atoms with van der Waals surface area (Å²) in [4.78, 5) is 24.9. The highest BCUT2D eigenvalue weighted by molar-refractivity contribution is 7.92. The molecule has 0 aliphatic carbocycles. The minimum absolute atomic E-state index is 0.148. The fourth-order valence-corrected chi connectivity index (χ4v) is 3.88. The van der Waals surface area contributed by atoms with E-state index < -0.39 is 10.0 Å². The summed E-state index contributed by atoms with van der Waals surface area (Å²) < 4.78 is 28.0. The number of benzene rings is 1. The predicted octanol–water partition coefficient (Wildman–Crippen LogP) is 1.02. The second-order valence-corrected chi connectivity index (χ2v) is 8.86. The van der Waals surface area contributed by atoms with Crippen molar-refractivity contribution in [1.29, 1.82) is 0 Å². The minimum atomic E-state index is -3.38. The molecule has 0 saturated carbocycles. The summed E-state index contributed by atoms with van der Waals surface area (Å²) in [6.45, 7) is 2.29. The van der Waals surface area contributed by atoms with Crippen molar-refractivity contribution in [2.45, 2.75) is 51.7 Å². The van der Waals surface area contributed by atoms with Crippen LogP contribution in [0.5, 0.6) is 0 Å². The van der Waals surface area contributed by atoms with Crippen LogP contribution in [0, 0.1) is 0 Å². The zero-order valence-corrected chi connectivity index (χ0v) is 16.8. The Bertz CT molecular complexity index is 1020. The molecule has 1 amide bonds. The number of hydrogen-bond acceptors (Lipinski definition) is 5. The van der Waals surface area contributed by atoms with Gasteiger partial charge in [0.2, 0.25) is 15.9 Å². The first-order chi connectivity index (χ1) is 13.2. The third-order valence-corrected chi connectivity index (χ3v) is 5.25. The van der Waals surface area contributed by atoms with Gasteiger partial charge >= 0.3 is 5.69 Å². The summed E-state index contributed by atoms with van der Waals surface area (Å²) in [7, 11) is -3.38. The lowest BCUT2D eigenvalue weighted by Crippen LogP contribution is -2.35. The second kappa shape index (κ2) is 8.17. The Labute approximate surface area is 163 Å². The number of aromatic nitrogens is 3. The van der Waals surface area contributed by atoms with Crippen LogP contribution < -0.4 is 15.7 Å². The van der Waals surface area contributed by atoms with Gasteiger partial charge in [0.05, 0.1) is 12.3 Å². The Balaban J connectivity index is 1.67. The Morgan fingerprint density at radius 1 is 1.29 bits per heavy atom. The average Bonchev–Trinajstić information content (AvgIpc) is 2.78. The van der Waals surface area contributed by atoms with Gasteiger partial charge < -0.3 is 5.32 Å². The van der Waals surface area contributed by atoms with E-state index in [9.17, 15) is 18.0 Å². The molecule has 152 valence electrons. The summed E-state index contributed by atoms with van der Waals surface area (Å²) in [5, 5.41) is 7.14. The first-order valence-electron chi connectivity index (χ1n) is 9.26. The van der Waals surface area contributed by atoms with E-state index in [0.29, 0.717) is 12.2 Å². The molecule has 3 rings (SSSR count). The molecular weight excluding hydrogens is 382 g/mol. The largest absolute Gasteiger partial charge is 0.348 e. The van der Waals surface area contributed by atoms with Gasteiger partial charge in [-0.1, -0.05) is 18.6 Å². The number of sulfonamides is 1. The number of amides is 1. The average molecular weight is 407 g/mol. The number of carbonyl (C=O) groups is 1. The SMILES string of the molecule is CC(NC(=O)Cn1nc2n(c1=O)CCCCC2)c1cccc(NS(C)(=O)=O)c1. The molecule has 1 aromatic heterocycles. The van der Waals surface area contributed by atoms with Crippen molar-refractivity contribution in [2.75, 3.05) is 11.0 Å². The van der Waals surface area contributed by atoms with Crippen molar-refractivity contribution < 1.29 is 13.2 Å². The van der Waals surface area contributed by atoms with Gasteiger partial charge in [0.15, 0.2) is 0 Å². The molecule has 0 bridgehead atoms. The van der Waals surface area contributed by atoms with Crippen molar-refractivity contribution in [2.24, 2.45) is 0 Å². The van der Waals surface area contributed by atoms with Crippen molar-refractivity contribution in [3.63, 3.8) is 0 Å². The zero-order chi connectivity index (χ0) is 20.3. The number of nitrogens with one attached hydrogen (secondary N) is 2. The van der Waals surface area contributed by atoms with Gasteiger partial charge in [-0.05, 0) is 37.5 Å². The normalized spacial score (nSPS) is 15.4. The molecule has 0 fully saturated rings. The summed E-state index contributed by atoms with van der Waals surface area (Å²) in [5.74, 6) is 0.409. The highest BCUT2D eigenvalue weighted by Gasteiger charge is 2.18. The van der Waals surface area contributed by atoms with Gasteiger partial charge in [-0.3, -0.25) is 14.1 Å². The third-order valence-electron chi connectivity index (χ3n) is 4.64. The first-order valence-corrected chi connectivity index (χ1v) is 11.2. The molecule has 1 aliphatic heterocycles. The van der Waals surface area contributed by atoms with Crippen LogP contribution in [0.3, 0.4) is 0 Å².